The fraction of sp³-hybridized carbons (Fsp3) is 0.222. The Kier molecular flexibility index (Phi) is 5.94. The standard InChI is InChI=1S/C18H17N3O5S/c1-25-9-8-19-14-7-6-12(21(23)24)10-13(14)18(22)26-11-17-20-15-4-2-3-5-16(15)27-17/h2-7,10,19H,8-9,11H2,1H3. The molecule has 0 radical (unpaired) electrons. The summed E-state index contributed by atoms with van der Waals surface area (Å²) in [5, 5.41) is 14.7. The van der Waals surface area contributed by atoms with Crippen molar-refractivity contribution >= 4 is 38.9 Å². The highest BCUT2D eigenvalue weighted by Crippen LogP contribution is 2.25. The largest absolute Gasteiger partial charge is 0.455 e. The smallest absolute Gasteiger partial charge is 0.340 e. The van der Waals surface area contributed by atoms with Crippen molar-refractivity contribution in [3.05, 3.63) is 63.1 Å². The molecule has 1 aromatic heterocycles. The molecule has 0 saturated carbocycles. The molecule has 3 rings (SSSR count). The monoisotopic (exact) mass is 387 g/mol. The van der Waals surface area contributed by atoms with E-state index in [4.69, 9.17) is 9.47 Å². The number of nitrogens with zero attached hydrogens (tertiary/aromatic N) is 2. The molecule has 0 bridgehead atoms. The normalized spacial score (nSPS) is 10.7. The highest BCUT2D eigenvalue weighted by molar-refractivity contribution is 7.18. The number of hydrogen-bond donors (Lipinski definition) is 1. The Bertz CT molecular complexity index is 940. The molecule has 140 valence electrons. The van der Waals surface area contributed by atoms with E-state index < -0.39 is 10.9 Å². The van der Waals surface area contributed by atoms with Gasteiger partial charge in [-0.05, 0) is 18.2 Å². The lowest BCUT2D eigenvalue weighted by Crippen LogP contribution is -2.13. The first-order valence-electron chi connectivity index (χ1n) is 8.11. The number of carbonyl (C=O) groups excluding carboxylic acids is 1. The number of para-hydroxylation sites is 1. The van der Waals surface area contributed by atoms with E-state index in [0.29, 0.717) is 23.8 Å². The molecule has 8 nitrogen and oxygen atoms in total. The van der Waals surface area contributed by atoms with Gasteiger partial charge >= 0.3 is 5.97 Å². The maximum Gasteiger partial charge on any atom is 0.340 e. The van der Waals surface area contributed by atoms with E-state index in [-0.39, 0.29) is 17.9 Å². The van der Waals surface area contributed by atoms with Crippen molar-refractivity contribution in [2.75, 3.05) is 25.6 Å². The number of aromatic nitrogens is 1. The summed E-state index contributed by atoms with van der Waals surface area (Å²) < 4.78 is 11.3. The molecule has 27 heavy (non-hydrogen) atoms. The van der Waals surface area contributed by atoms with Crippen LogP contribution >= 0.6 is 11.3 Å². The Labute approximate surface area is 158 Å². The zero-order valence-electron chi connectivity index (χ0n) is 14.5. The molecule has 0 unspecified atom stereocenters. The number of nitrogens with one attached hydrogen (secondary N) is 1. The lowest BCUT2D eigenvalue weighted by molar-refractivity contribution is -0.384. The summed E-state index contributed by atoms with van der Waals surface area (Å²) in [5.74, 6) is -0.655. The molecule has 0 aliphatic rings. The van der Waals surface area contributed by atoms with Gasteiger partial charge in [-0.1, -0.05) is 12.1 Å². The third kappa shape index (κ3) is 4.57. The summed E-state index contributed by atoms with van der Waals surface area (Å²) in [5.41, 5.74) is 1.21. The average molecular weight is 387 g/mol. The van der Waals surface area contributed by atoms with E-state index in [1.807, 2.05) is 24.3 Å². The van der Waals surface area contributed by atoms with Crippen molar-refractivity contribution in [3.8, 4) is 0 Å². The van der Waals surface area contributed by atoms with Gasteiger partial charge in [0.1, 0.15) is 11.6 Å². The van der Waals surface area contributed by atoms with Crippen molar-refractivity contribution in [1.82, 2.24) is 4.98 Å². The molecule has 0 saturated heterocycles. The van der Waals surface area contributed by atoms with Crippen LogP contribution in [0.4, 0.5) is 11.4 Å². The van der Waals surface area contributed by atoms with E-state index in [9.17, 15) is 14.9 Å². The number of rotatable bonds is 8. The maximum atomic E-state index is 12.5. The van der Waals surface area contributed by atoms with Gasteiger partial charge in [-0.2, -0.15) is 0 Å². The predicted molar refractivity (Wildman–Crippen MR) is 102 cm³/mol. The Balaban J connectivity index is 1.76. The molecule has 0 atom stereocenters. The first-order valence-corrected chi connectivity index (χ1v) is 8.93. The van der Waals surface area contributed by atoms with Gasteiger partial charge in [0.05, 0.1) is 27.3 Å². The fourth-order valence-electron chi connectivity index (χ4n) is 2.44. The molecular weight excluding hydrogens is 370 g/mol. The summed E-state index contributed by atoms with van der Waals surface area (Å²) in [6, 6.07) is 11.7. The molecule has 1 heterocycles. The van der Waals surface area contributed by atoms with Crippen LogP contribution in [0.2, 0.25) is 0 Å². The molecule has 3 aromatic rings. The minimum atomic E-state index is -0.655. The minimum Gasteiger partial charge on any atom is -0.455 e. The topological polar surface area (TPSA) is 104 Å². The number of methoxy groups -OCH3 is 1. The second-order valence-electron chi connectivity index (χ2n) is 5.56. The number of anilines is 1. The lowest BCUT2D eigenvalue weighted by Gasteiger charge is -2.11. The zero-order chi connectivity index (χ0) is 19.2. The fourth-order valence-corrected chi connectivity index (χ4v) is 3.32. The lowest BCUT2D eigenvalue weighted by atomic mass is 10.1. The second-order valence-corrected chi connectivity index (χ2v) is 6.67. The van der Waals surface area contributed by atoms with Crippen LogP contribution in [0.15, 0.2) is 42.5 Å². The van der Waals surface area contributed by atoms with Crippen LogP contribution in [0.5, 0.6) is 0 Å². The molecule has 0 spiro atoms. The van der Waals surface area contributed by atoms with Crippen LogP contribution in [0.3, 0.4) is 0 Å². The maximum absolute atomic E-state index is 12.5. The number of thiazole rings is 1. The number of carbonyl (C=O) groups is 1. The van der Waals surface area contributed by atoms with Gasteiger partial charge in [-0.15, -0.1) is 11.3 Å². The summed E-state index contributed by atoms with van der Waals surface area (Å²) >= 11 is 1.43. The average Bonchev–Trinajstić information content (AvgIpc) is 3.09. The Morgan fingerprint density at radius 2 is 2.11 bits per heavy atom. The first-order chi connectivity index (χ1) is 13.1. The third-order valence-corrected chi connectivity index (χ3v) is 4.73. The Morgan fingerprint density at radius 1 is 1.30 bits per heavy atom. The van der Waals surface area contributed by atoms with E-state index in [1.54, 1.807) is 7.11 Å². The van der Waals surface area contributed by atoms with Gasteiger partial charge in [0.15, 0.2) is 0 Å². The predicted octanol–water partition coefficient (Wildman–Crippen LogP) is 3.62. The van der Waals surface area contributed by atoms with Crippen molar-refractivity contribution in [1.29, 1.82) is 0 Å². The molecule has 0 fully saturated rings. The van der Waals surface area contributed by atoms with Crippen LogP contribution in [-0.4, -0.2) is 36.1 Å². The second kappa shape index (κ2) is 8.56. The summed E-state index contributed by atoms with van der Waals surface area (Å²) in [4.78, 5) is 27.4. The van der Waals surface area contributed by atoms with Gasteiger partial charge in [0.25, 0.3) is 5.69 Å². The van der Waals surface area contributed by atoms with Crippen LogP contribution in [-0.2, 0) is 16.1 Å². The van der Waals surface area contributed by atoms with Gasteiger partial charge in [0, 0.05) is 31.5 Å². The summed E-state index contributed by atoms with van der Waals surface area (Å²) in [6.45, 7) is 0.877. The van der Waals surface area contributed by atoms with Crippen molar-refractivity contribution in [3.63, 3.8) is 0 Å². The number of non-ortho nitro benzene ring substituents is 1. The minimum absolute atomic E-state index is 0.00160. The van der Waals surface area contributed by atoms with Gasteiger partial charge in [-0.3, -0.25) is 10.1 Å². The number of ether oxygens (including phenoxy) is 2. The molecule has 9 heteroatoms. The number of esters is 1. The van der Waals surface area contributed by atoms with E-state index in [1.165, 1.54) is 29.5 Å². The SMILES string of the molecule is COCCNc1ccc([N+](=O)[O-])cc1C(=O)OCc1nc2ccccc2s1. The van der Waals surface area contributed by atoms with E-state index >= 15 is 0 Å². The number of fused-ring (bicyclic) bond motifs is 1. The third-order valence-electron chi connectivity index (χ3n) is 3.72. The highest BCUT2D eigenvalue weighted by atomic mass is 32.1. The molecule has 1 N–H and O–H groups in total. The van der Waals surface area contributed by atoms with Crippen LogP contribution < -0.4 is 5.32 Å². The molecule has 0 aliphatic carbocycles. The van der Waals surface area contributed by atoms with Crippen LogP contribution in [0, 0.1) is 10.1 Å². The number of nitro groups is 1. The first kappa shape index (κ1) is 18.7. The van der Waals surface area contributed by atoms with Crippen molar-refractivity contribution in [2.45, 2.75) is 6.61 Å². The summed E-state index contributed by atoms with van der Waals surface area (Å²) in [7, 11) is 1.56. The Hall–Kier alpha value is -3.04. The molecule has 2 aromatic carbocycles. The van der Waals surface area contributed by atoms with Gasteiger partial charge in [0.2, 0.25) is 0 Å². The summed E-state index contributed by atoms with van der Waals surface area (Å²) in [6.07, 6.45) is 0. The van der Waals surface area contributed by atoms with Crippen LogP contribution in [0.25, 0.3) is 10.2 Å². The zero-order valence-corrected chi connectivity index (χ0v) is 15.3. The Morgan fingerprint density at radius 3 is 2.85 bits per heavy atom. The van der Waals surface area contributed by atoms with Crippen LogP contribution in [0.1, 0.15) is 15.4 Å². The molecule has 0 aliphatic heterocycles. The van der Waals surface area contributed by atoms with Gasteiger partial charge < -0.3 is 14.8 Å². The van der Waals surface area contributed by atoms with E-state index in [2.05, 4.69) is 10.3 Å². The quantitative estimate of drug-likeness (QED) is 0.272. The number of nitro benzene ring substituents is 1. The number of hydrogen-bond acceptors (Lipinski definition) is 8. The van der Waals surface area contributed by atoms with Crippen molar-refractivity contribution < 1.29 is 19.2 Å². The molecule has 0 amide bonds. The van der Waals surface area contributed by atoms with E-state index in [0.717, 1.165) is 10.2 Å². The number of benzene rings is 2. The van der Waals surface area contributed by atoms with Crippen molar-refractivity contribution in [2.24, 2.45) is 0 Å². The molecular formula is C18H17N3O5S. The highest BCUT2D eigenvalue weighted by Gasteiger charge is 2.18. The van der Waals surface area contributed by atoms with Gasteiger partial charge in [-0.25, -0.2) is 9.78 Å².